The van der Waals surface area contributed by atoms with Crippen molar-refractivity contribution in [3.8, 4) is 0 Å². The van der Waals surface area contributed by atoms with Crippen LogP contribution in [-0.2, 0) is 12.0 Å². The van der Waals surface area contributed by atoms with E-state index < -0.39 is 5.54 Å². The molecule has 0 radical (unpaired) electrons. The van der Waals surface area contributed by atoms with Crippen molar-refractivity contribution < 1.29 is 4.79 Å². The van der Waals surface area contributed by atoms with E-state index in [-0.39, 0.29) is 11.6 Å². The molecule has 2 heterocycles. The second-order valence-corrected chi connectivity index (χ2v) is 10.2. The summed E-state index contributed by atoms with van der Waals surface area (Å²) in [5, 5.41) is 9.41. The van der Waals surface area contributed by atoms with Crippen molar-refractivity contribution in [1.29, 1.82) is 0 Å². The fraction of sp³-hybridized carbons (Fsp3) is 0.114. The fourth-order valence-corrected chi connectivity index (χ4v) is 5.71. The van der Waals surface area contributed by atoms with E-state index in [9.17, 15) is 9.59 Å². The Hall–Kier alpha value is -5.43. The van der Waals surface area contributed by atoms with Gasteiger partial charge in [-0.1, -0.05) is 121 Å². The molecule has 0 unspecified atom stereocenters. The first-order valence-corrected chi connectivity index (χ1v) is 14.0. The van der Waals surface area contributed by atoms with Crippen LogP contribution in [0, 0.1) is 6.92 Å². The molecule has 7 nitrogen and oxygen atoms in total. The van der Waals surface area contributed by atoms with Gasteiger partial charge in [0.1, 0.15) is 11.4 Å². The first-order valence-electron chi connectivity index (χ1n) is 14.0. The minimum absolute atomic E-state index is 0.249. The van der Waals surface area contributed by atoms with Gasteiger partial charge in [0.05, 0.1) is 16.6 Å². The highest BCUT2D eigenvalue weighted by molar-refractivity contribution is 5.92. The molecule has 0 atom stereocenters. The highest BCUT2D eigenvalue weighted by Crippen LogP contribution is 2.42. The van der Waals surface area contributed by atoms with Crippen molar-refractivity contribution in [2.45, 2.75) is 18.9 Å². The summed E-state index contributed by atoms with van der Waals surface area (Å²) >= 11 is 0. The quantitative estimate of drug-likeness (QED) is 0.195. The summed E-state index contributed by atoms with van der Waals surface area (Å²) in [5.41, 5.74) is 4.03. The number of amides is 2. The zero-order valence-electron chi connectivity index (χ0n) is 23.2. The Morgan fingerprint density at radius 1 is 0.786 bits per heavy atom. The van der Waals surface area contributed by atoms with Gasteiger partial charge in [-0.3, -0.25) is 19.9 Å². The topological polar surface area (TPSA) is 91.8 Å². The summed E-state index contributed by atoms with van der Waals surface area (Å²) in [4.78, 5) is 31.0. The van der Waals surface area contributed by atoms with Gasteiger partial charge in [0.15, 0.2) is 0 Å². The van der Waals surface area contributed by atoms with E-state index in [0.29, 0.717) is 35.4 Å². The van der Waals surface area contributed by atoms with E-state index in [1.165, 1.54) is 0 Å². The molecule has 7 heteroatoms. The van der Waals surface area contributed by atoms with E-state index in [4.69, 9.17) is 0 Å². The van der Waals surface area contributed by atoms with Gasteiger partial charge in [0, 0.05) is 12.6 Å². The first-order chi connectivity index (χ1) is 20.6. The Balaban J connectivity index is 1.48. The SMILES string of the molecule is Cc1nc(NC(=O)NCCc2ccccc2)cc2c1c(=O)[nH]n2C(c1ccccc1)(c1ccccc1)c1ccccc1. The Bertz CT molecular complexity index is 1770. The molecule has 0 saturated carbocycles. The lowest BCUT2D eigenvalue weighted by Gasteiger charge is -2.37. The third-order valence-electron chi connectivity index (χ3n) is 7.55. The lowest BCUT2D eigenvalue weighted by Crippen LogP contribution is -2.39. The van der Waals surface area contributed by atoms with E-state index in [1.54, 1.807) is 13.0 Å². The molecule has 0 bridgehead atoms. The number of nitrogens with one attached hydrogen (secondary N) is 3. The van der Waals surface area contributed by atoms with Gasteiger partial charge >= 0.3 is 6.03 Å². The summed E-state index contributed by atoms with van der Waals surface area (Å²) in [6.45, 7) is 2.26. The Morgan fingerprint density at radius 3 is 1.81 bits per heavy atom. The largest absolute Gasteiger partial charge is 0.337 e. The van der Waals surface area contributed by atoms with Gasteiger partial charge in [-0.15, -0.1) is 0 Å². The van der Waals surface area contributed by atoms with Crippen LogP contribution in [0.2, 0.25) is 0 Å². The summed E-state index contributed by atoms with van der Waals surface area (Å²) in [6.07, 6.45) is 0.713. The Morgan fingerprint density at radius 2 is 1.29 bits per heavy atom. The molecule has 0 aliphatic rings. The zero-order chi connectivity index (χ0) is 28.9. The van der Waals surface area contributed by atoms with E-state index in [0.717, 1.165) is 22.3 Å². The number of hydrogen-bond donors (Lipinski definition) is 3. The van der Waals surface area contributed by atoms with Gasteiger partial charge in [-0.2, -0.15) is 0 Å². The maximum atomic E-state index is 13.6. The monoisotopic (exact) mass is 553 g/mol. The highest BCUT2D eigenvalue weighted by Gasteiger charge is 2.40. The number of urea groups is 1. The summed E-state index contributed by atoms with van der Waals surface area (Å²) < 4.78 is 1.91. The number of rotatable bonds is 8. The summed E-state index contributed by atoms with van der Waals surface area (Å²) in [6, 6.07) is 41.7. The number of carbonyl (C=O) groups is 1. The standard InChI is InChI=1S/C35H31N5O2/c1-25-32-30(24-31(37-25)38-34(42)36-23-22-26-14-6-2-7-15-26)40(39-33(32)41)35(27-16-8-3-9-17-27,28-18-10-4-11-19-28)29-20-12-5-13-21-29/h2-21,24H,22-23H2,1H3,(H,39,41)(H2,36,37,38,42). The van der Waals surface area contributed by atoms with Crippen LogP contribution >= 0.6 is 0 Å². The van der Waals surface area contributed by atoms with Gasteiger partial charge in [0.25, 0.3) is 5.56 Å². The minimum Gasteiger partial charge on any atom is -0.337 e. The van der Waals surface area contributed by atoms with Crippen LogP contribution < -0.4 is 16.2 Å². The second kappa shape index (κ2) is 11.6. The van der Waals surface area contributed by atoms with Crippen LogP contribution in [0.3, 0.4) is 0 Å². The molecule has 0 spiro atoms. The van der Waals surface area contributed by atoms with E-state index >= 15 is 0 Å². The van der Waals surface area contributed by atoms with Crippen molar-refractivity contribution >= 4 is 22.8 Å². The molecule has 6 aromatic rings. The molecular weight excluding hydrogens is 522 g/mol. The van der Waals surface area contributed by atoms with Crippen molar-refractivity contribution in [3.05, 3.63) is 166 Å². The zero-order valence-corrected chi connectivity index (χ0v) is 23.2. The molecule has 42 heavy (non-hydrogen) atoms. The van der Waals surface area contributed by atoms with Gasteiger partial charge in [-0.05, 0) is 35.6 Å². The predicted octanol–water partition coefficient (Wildman–Crippen LogP) is 6.24. The third-order valence-corrected chi connectivity index (χ3v) is 7.55. The molecule has 0 aliphatic heterocycles. The average Bonchev–Trinajstić information content (AvgIpc) is 3.36. The van der Waals surface area contributed by atoms with Crippen LogP contribution in [-0.4, -0.2) is 27.3 Å². The van der Waals surface area contributed by atoms with E-state index in [1.807, 2.05) is 89.6 Å². The van der Waals surface area contributed by atoms with Crippen molar-refractivity contribution in [2.75, 3.05) is 11.9 Å². The number of aromatic amines is 1. The van der Waals surface area contributed by atoms with Crippen LogP contribution in [0.25, 0.3) is 10.9 Å². The van der Waals surface area contributed by atoms with Crippen LogP contribution in [0.4, 0.5) is 10.6 Å². The number of pyridine rings is 1. The molecular formula is C35H31N5O2. The molecule has 4 aromatic carbocycles. The fourth-order valence-electron chi connectivity index (χ4n) is 5.71. The predicted molar refractivity (Wildman–Crippen MR) is 167 cm³/mol. The second-order valence-electron chi connectivity index (χ2n) is 10.2. The molecule has 2 aromatic heterocycles. The van der Waals surface area contributed by atoms with Crippen molar-refractivity contribution in [3.63, 3.8) is 0 Å². The smallest absolute Gasteiger partial charge is 0.320 e. The summed E-state index contributed by atoms with van der Waals surface area (Å²) in [5.74, 6) is 0.355. The number of aryl methyl sites for hydroxylation is 1. The molecule has 3 N–H and O–H groups in total. The van der Waals surface area contributed by atoms with Gasteiger partial charge in [0.2, 0.25) is 0 Å². The van der Waals surface area contributed by atoms with Gasteiger partial charge in [-0.25, -0.2) is 9.78 Å². The number of benzene rings is 4. The molecule has 0 fully saturated rings. The third kappa shape index (κ3) is 4.97. The van der Waals surface area contributed by atoms with Crippen molar-refractivity contribution in [2.24, 2.45) is 0 Å². The first kappa shape index (κ1) is 26.8. The normalized spacial score (nSPS) is 11.4. The molecule has 208 valence electrons. The molecule has 0 saturated heterocycles. The number of fused-ring (bicyclic) bond motifs is 1. The minimum atomic E-state index is -0.923. The van der Waals surface area contributed by atoms with Crippen LogP contribution in [0.15, 0.2) is 132 Å². The highest BCUT2D eigenvalue weighted by atomic mass is 16.2. The van der Waals surface area contributed by atoms with Crippen LogP contribution in [0.1, 0.15) is 27.9 Å². The number of carbonyl (C=O) groups excluding carboxylic acids is 1. The number of nitrogens with zero attached hydrogens (tertiary/aromatic N) is 2. The number of anilines is 1. The maximum Gasteiger partial charge on any atom is 0.320 e. The average molecular weight is 554 g/mol. The maximum absolute atomic E-state index is 13.6. The van der Waals surface area contributed by atoms with Gasteiger partial charge < -0.3 is 5.32 Å². The summed E-state index contributed by atoms with van der Waals surface area (Å²) in [7, 11) is 0. The molecule has 0 aliphatic carbocycles. The lowest BCUT2D eigenvalue weighted by atomic mass is 9.77. The van der Waals surface area contributed by atoms with Crippen molar-refractivity contribution in [1.82, 2.24) is 20.1 Å². The Labute approximate surface area is 243 Å². The molecule has 2 amide bonds. The lowest BCUT2D eigenvalue weighted by molar-refractivity contribution is 0.252. The number of hydrogen-bond acceptors (Lipinski definition) is 3. The Kier molecular flexibility index (Phi) is 7.39. The number of H-pyrrole nitrogens is 1. The number of aromatic nitrogens is 3. The van der Waals surface area contributed by atoms with Crippen LogP contribution in [0.5, 0.6) is 0 Å². The molecule has 6 rings (SSSR count). The van der Waals surface area contributed by atoms with E-state index in [2.05, 4.69) is 57.1 Å².